The highest BCUT2D eigenvalue weighted by atomic mass is 32.2. The summed E-state index contributed by atoms with van der Waals surface area (Å²) in [6.45, 7) is 11.5. The molecule has 0 aliphatic rings. The average Bonchev–Trinajstić information content (AvgIpc) is 2.38. The second-order valence-electron chi connectivity index (χ2n) is 6.66. The van der Waals surface area contributed by atoms with Crippen LogP contribution in [0, 0.1) is 0 Å². The molecule has 0 aromatic heterocycles. The predicted molar refractivity (Wildman–Crippen MR) is 93.2 cm³/mol. The minimum Gasteiger partial charge on any atom is -0.591 e. The van der Waals surface area contributed by atoms with Gasteiger partial charge in [-0.05, 0) is 72.1 Å². The smallest absolute Gasteiger partial charge is 0.161 e. The van der Waals surface area contributed by atoms with Crippen molar-refractivity contribution in [2.75, 3.05) is 0 Å². The summed E-state index contributed by atoms with van der Waals surface area (Å²) in [6, 6.07) is 5.37. The topological polar surface area (TPSA) is 64.9 Å². The van der Waals surface area contributed by atoms with Crippen LogP contribution in [-0.2, 0) is 17.8 Å². The Morgan fingerprint density at radius 1 is 1.36 bits per heavy atom. The Morgan fingerprint density at radius 3 is 2.55 bits per heavy atom. The standard InChI is InChI=1S/C17H27NO3S/c1-12(2)21-16-11-14(9-10-15(16)19)8-7-13(3)18-22(20)17(4,5)6/h9-12,19H,7-8H2,1-6H3/t22-/m1/s1. The zero-order valence-electron chi connectivity index (χ0n) is 14.3. The number of benzene rings is 1. The fraction of sp³-hybridized carbons (Fsp3) is 0.588. The highest BCUT2D eigenvalue weighted by molar-refractivity contribution is 7.91. The lowest BCUT2D eigenvalue weighted by Crippen LogP contribution is -2.26. The monoisotopic (exact) mass is 325 g/mol. The van der Waals surface area contributed by atoms with E-state index in [2.05, 4.69) is 4.40 Å². The van der Waals surface area contributed by atoms with Gasteiger partial charge in [-0.15, -0.1) is 0 Å². The second-order valence-corrected chi connectivity index (χ2v) is 8.56. The first kappa shape index (κ1) is 18.8. The first-order valence-corrected chi connectivity index (χ1v) is 8.65. The van der Waals surface area contributed by atoms with E-state index in [1.165, 1.54) is 0 Å². The number of hydrogen-bond donors (Lipinski definition) is 1. The normalized spacial score (nSPS) is 14.3. The van der Waals surface area contributed by atoms with Crippen LogP contribution in [0.5, 0.6) is 11.5 Å². The molecule has 4 nitrogen and oxygen atoms in total. The Morgan fingerprint density at radius 2 is 2.00 bits per heavy atom. The van der Waals surface area contributed by atoms with E-state index < -0.39 is 11.4 Å². The van der Waals surface area contributed by atoms with E-state index in [4.69, 9.17) is 4.74 Å². The second kappa shape index (κ2) is 7.88. The fourth-order valence-corrected chi connectivity index (χ4v) is 2.36. The zero-order valence-corrected chi connectivity index (χ0v) is 15.2. The van der Waals surface area contributed by atoms with Gasteiger partial charge >= 0.3 is 0 Å². The third-order valence-corrected chi connectivity index (χ3v) is 4.45. The molecule has 1 atom stereocenters. The minimum atomic E-state index is -1.22. The highest BCUT2D eigenvalue weighted by Crippen LogP contribution is 2.28. The minimum absolute atomic E-state index is 0.0126. The third kappa shape index (κ3) is 6.28. The molecule has 0 unspecified atom stereocenters. The lowest BCUT2D eigenvalue weighted by molar-refractivity contribution is 0.231. The molecule has 1 aromatic rings. The number of rotatable bonds is 6. The van der Waals surface area contributed by atoms with Gasteiger partial charge in [-0.2, -0.15) is 0 Å². The van der Waals surface area contributed by atoms with Crippen LogP contribution in [-0.4, -0.2) is 26.2 Å². The van der Waals surface area contributed by atoms with Crippen molar-refractivity contribution in [1.29, 1.82) is 0 Å². The van der Waals surface area contributed by atoms with Gasteiger partial charge in [0, 0.05) is 0 Å². The molecule has 0 radical (unpaired) electrons. The molecule has 1 rings (SSSR count). The van der Waals surface area contributed by atoms with Crippen molar-refractivity contribution in [3.8, 4) is 11.5 Å². The van der Waals surface area contributed by atoms with Gasteiger partial charge in [0.25, 0.3) is 0 Å². The lowest BCUT2D eigenvalue weighted by Gasteiger charge is -2.18. The first-order valence-electron chi connectivity index (χ1n) is 7.54. The van der Waals surface area contributed by atoms with E-state index in [0.717, 1.165) is 24.1 Å². The van der Waals surface area contributed by atoms with Crippen LogP contribution in [0.2, 0.25) is 0 Å². The highest BCUT2D eigenvalue weighted by Gasteiger charge is 2.26. The summed E-state index contributed by atoms with van der Waals surface area (Å²) >= 11 is -1.22. The van der Waals surface area contributed by atoms with Crippen molar-refractivity contribution in [3.63, 3.8) is 0 Å². The number of aromatic hydroxyl groups is 1. The van der Waals surface area contributed by atoms with E-state index in [1.807, 2.05) is 53.7 Å². The summed E-state index contributed by atoms with van der Waals surface area (Å²) in [6.07, 6.45) is 1.51. The van der Waals surface area contributed by atoms with Gasteiger partial charge in [0.1, 0.15) is 16.1 Å². The molecule has 0 saturated carbocycles. The molecule has 1 N–H and O–H groups in total. The Balaban J connectivity index is 2.70. The van der Waals surface area contributed by atoms with E-state index in [1.54, 1.807) is 6.07 Å². The first-order chi connectivity index (χ1) is 10.1. The molecule has 0 aliphatic carbocycles. The van der Waals surface area contributed by atoms with Gasteiger partial charge in [-0.3, -0.25) is 0 Å². The summed E-state index contributed by atoms with van der Waals surface area (Å²) < 4.78 is 21.5. The number of ether oxygens (including phenoxy) is 1. The van der Waals surface area contributed by atoms with Crippen molar-refractivity contribution in [1.82, 2.24) is 0 Å². The summed E-state index contributed by atoms with van der Waals surface area (Å²) in [7, 11) is 0. The summed E-state index contributed by atoms with van der Waals surface area (Å²) in [4.78, 5) is 0. The van der Waals surface area contributed by atoms with Gasteiger partial charge in [-0.25, -0.2) is 0 Å². The van der Waals surface area contributed by atoms with Gasteiger partial charge in [0.2, 0.25) is 0 Å². The van der Waals surface area contributed by atoms with Crippen molar-refractivity contribution >= 4 is 17.1 Å². The largest absolute Gasteiger partial charge is 0.591 e. The molecule has 124 valence electrons. The Kier molecular flexibility index (Phi) is 6.75. The average molecular weight is 325 g/mol. The lowest BCUT2D eigenvalue weighted by atomic mass is 10.1. The summed E-state index contributed by atoms with van der Waals surface area (Å²) in [5.41, 5.74) is 1.93. The maximum absolute atomic E-state index is 12.0. The number of nitrogens with zero attached hydrogens (tertiary/aromatic N) is 1. The predicted octanol–water partition coefficient (Wildman–Crippen LogP) is 4.04. The molecule has 5 heteroatoms. The maximum atomic E-state index is 12.0. The summed E-state index contributed by atoms with van der Waals surface area (Å²) in [5, 5.41) is 9.78. The van der Waals surface area contributed by atoms with Crippen molar-refractivity contribution in [2.24, 2.45) is 4.40 Å². The fourth-order valence-electron chi connectivity index (χ4n) is 1.71. The van der Waals surface area contributed by atoms with Crippen molar-refractivity contribution in [3.05, 3.63) is 23.8 Å². The zero-order chi connectivity index (χ0) is 16.9. The third-order valence-electron chi connectivity index (χ3n) is 2.92. The van der Waals surface area contributed by atoms with Gasteiger partial charge < -0.3 is 14.4 Å². The molecule has 0 aliphatic heterocycles. The van der Waals surface area contributed by atoms with E-state index in [0.29, 0.717) is 5.75 Å². The number of phenols is 1. The molecule has 0 amide bonds. The van der Waals surface area contributed by atoms with Crippen LogP contribution in [0.25, 0.3) is 0 Å². The molecule has 0 spiro atoms. The van der Waals surface area contributed by atoms with E-state index in [9.17, 15) is 9.66 Å². The molecule has 0 fully saturated rings. The van der Waals surface area contributed by atoms with Gasteiger partial charge in [0.15, 0.2) is 11.5 Å². The van der Waals surface area contributed by atoms with Crippen LogP contribution in [0.3, 0.4) is 0 Å². The van der Waals surface area contributed by atoms with Crippen LogP contribution < -0.4 is 4.74 Å². The molecule has 1 aromatic carbocycles. The Labute approximate surface area is 136 Å². The Bertz CT molecular complexity index is 521. The van der Waals surface area contributed by atoms with Crippen LogP contribution in [0.1, 0.15) is 53.5 Å². The molecular formula is C17H27NO3S. The van der Waals surface area contributed by atoms with Crippen molar-refractivity contribution < 1.29 is 14.4 Å². The maximum Gasteiger partial charge on any atom is 0.161 e. The summed E-state index contributed by atoms with van der Waals surface area (Å²) in [5.74, 6) is 0.650. The Hall–Kier alpha value is -1.20. The molecule has 0 saturated heterocycles. The number of phenolic OH excluding ortho intramolecular Hbond substituents is 1. The quantitative estimate of drug-likeness (QED) is 0.634. The van der Waals surface area contributed by atoms with Gasteiger partial charge in [0.05, 0.1) is 11.8 Å². The van der Waals surface area contributed by atoms with E-state index >= 15 is 0 Å². The van der Waals surface area contributed by atoms with E-state index in [-0.39, 0.29) is 16.6 Å². The van der Waals surface area contributed by atoms with Crippen LogP contribution >= 0.6 is 0 Å². The number of aryl methyl sites for hydroxylation is 1. The SMILES string of the molecule is CC(CCc1ccc(O)c(OC(C)C)c1)=N[S@+]([O-])C(C)(C)C. The number of hydrogen-bond acceptors (Lipinski definition) is 4. The van der Waals surface area contributed by atoms with Crippen LogP contribution in [0.4, 0.5) is 0 Å². The molecule has 0 bridgehead atoms. The van der Waals surface area contributed by atoms with Gasteiger partial charge in [-0.1, -0.05) is 10.5 Å². The van der Waals surface area contributed by atoms with Crippen LogP contribution in [0.15, 0.2) is 22.6 Å². The molecule has 0 heterocycles. The molecular weight excluding hydrogens is 298 g/mol. The van der Waals surface area contributed by atoms with Crippen molar-refractivity contribution in [2.45, 2.75) is 65.2 Å². The molecule has 22 heavy (non-hydrogen) atoms.